The first-order chi connectivity index (χ1) is 11.3. The van der Waals surface area contributed by atoms with E-state index in [1.54, 1.807) is 32.1 Å². The van der Waals surface area contributed by atoms with Gasteiger partial charge in [-0.15, -0.1) is 0 Å². The van der Waals surface area contributed by atoms with Gasteiger partial charge in [0.25, 0.3) is 0 Å². The van der Waals surface area contributed by atoms with Gasteiger partial charge in [0.05, 0.1) is 0 Å². The van der Waals surface area contributed by atoms with E-state index in [0.717, 1.165) is 11.1 Å². The summed E-state index contributed by atoms with van der Waals surface area (Å²) in [6.45, 7) is 3.40. The van der Waals surface area contributed by atoms with Crippen LogP contribution in [0.4, 0.5) is 17.6 Å². The van der Waals surface area contributed by atoms with Gasteiger partial charge in [-0.3, -0.25) is 0 Å². The molecule has 0 spiro atoms. The van der Waals surface area contributed by atoms with Crippen LogP contribution in [0.1, 0.15) is 25.8 Å². The minimum absolute atomic E-state index is 0.0769. The molecule has 24 heavy (non-hydrogen) atoms. The lowest BCUT2D eigenvalue weighted by Gasteiger charge is -2.13. The van der Waals surface area contributed by atoms with Gasteiger partial charge < -0.3 is 0 Å². The van der Waals surface area contributed by atoms with E-state index >= 15 is 0 Å². The van der Waals surface area contributed by atoms with Crippen LogP contribution in [0, 0.1) is 0 Å². The van der Waals surface area contributed by atoms with Gasteiger partial charge >= 0.3 is 6.18 Å². The number of rotatable bonds is 4. The molecule has 0 saturated heterocycles. The molecule has 2 aromatic carbocycles. The lowest BCUT2D eigenvalue weighted by molar-refractivity contribution is -0.108. The monoisotopic (exact) mass is 334 g/mol. The zero-order valence-electron chi connectivity index (χ0n) is 13.5. The number of hydrogen-bond acceptors (Lipinski definition) is 0. The number of benzene rings is 2. The molecule has 0 nitrogen and oxygen atoms in total. The summed E-state index contributed by atoms with van der Waals surface area (Å²) in [5.41, 5.74) is 2.41. The average molecular weight is 334 g/mol. The summed E-state index contributed by atoms with van der Waals surface area (Å²) < 4.78 is 52.4. The van der Waals surface area contributed by atoms with Crippen molar-refractivity contribution in [2.45, 2.75) is 26.4 Å². The van der Waals surface area contributed by atoms with E-state index in [4.69, 9.17) is 0 Å². The van der Waals surface area contributed by atoms with Gasteiger partial charge in [0.15, 0.2) is 0 Å². The third-order valence-corrected chi connectivity index (χ3v) is 3.80. The summed E-state index contributed by atoms with van der Waals surface area (Å²) in [5.74, 6) is -2.03. The zero-order valence-corrected chi connectivity index (χ0v) is 13.5. The highest BCUT2D eigenvalue weighted by molar-refractivity contribution is 5.73. The molecule has 126 valence electrons. The lowest BCUT2D eigenvalue weighted by Crippen LogP contribution is -2.10. The Balaban J connectivity index is 2.44. The standard InChI is InChI=1S/C20H18F4/c1-3-14(2)13-18(19(21)20(22,23)24)17-11-9-16(10-12-17)15-7-5-4-6-8-15/h3-12H,13H2,1-2H3/b14-3+,19-18-. The van der Waals surface area contributed by atoms with Crippen LogP contribution >= 0.6 is 0 Å². The van der Waals surface area contributed by atoms with Crippen LogP contribution in [-0.4, -0.2) is 6.18 Å². The molecule has 0 N–H and O–H groups in total. The zero-order chi connectivity index (χ0) is 17.7. The topological polar surface area (TPSA) is 0 Å². The van der Waals surface area contributed by atoms with Crippen molar-refractivity contribution in [3.05, 3.63) is 77.6 Å². The minimum atomic E-state index is -4.98. The maximum atomic E-state index is 13.9. The van der Waals surface area contributed by atoms with Crippen molar-refractivity contribution < 1.29 is 17.6 Å². The van der Waals surface area contributed by atoms with Gasteiger partial charge in [0.1, 0.15) is 0 Å². The molecule has 2 aromatic rings. The summed E-state index contributed by atoms with van der Waals surface area (Å²) in [5, 5.41) is 0. The van der Waals surface area contributed by atoms with E-state index in [1.807, 2.05) is 30.3 Å². The van der Waals surface area contributed by atoms with E-state index in [-0.39, 0.29) is 17.6 Å². The number of halogens is 4. The van der Waals surface area contributed by atoms with E-state index in [9.17, 15) is 17.6 Å². The van der Waals surface area contributed by atoms with Gasteiger partial charge in [-0.1, -0.05) is 66.2 Å². The predicted molar refractivity (Wildman–Crippen MR) is 90.0 cm³/mol. The summed E-state index contributed by atoms with van der Waals surface area (Å²) in [4.78, 5) is 0. The Morgan fingerprint density at radius 1 is 0.917 bits per heavy atom. The molecule has 0 heterocycles. The maximum absolute atomic E-state index is 13.9. The van der Waals surface area contributed by atoms with Crippen molar-refractivity contribution in [2.24, 2.45) is 0 Å². The Bertz CT molecular complexity index is 735. The largest absolute Gasteiger partial charge is 0.443 e. The lowest BCUT2D eigenvalue weighted by atomic mass is 9.95. The number of allylic oxidation sites excluding steroid dienone is 4. The Kier molecular flexibility index (Phi) is 5.60. The van der Waals surface area contributed by atoms with Crippen LogP contribution in [0.3, 0.4) is 0 Å². The molecule has 0 bridgehead atoms. The second-order valence-corrected chi connectivity index (χ2v) is 5.55. The average Bonchev–Trinajstić information content (AvgIpc) is 2.59. The Labute approximate surface area is 139 Å². The van der Waals surface area contributed by atoms with Crippen molar-refractivity contribution in [2.75, 3.05) is 0 Å². The van der Waals surface area contributed by atoms with Crippen LogP contribution in [0.25, 0.3) is 16.7 Å². The van der Waals surface area contributed by atoms with Crippen LogP contribution in [-0.2, 0) is 0 Å². The molecule has 0 amide bonds. The molecule has 0 aliphatic rings. The Morgan fingerprint density at radius 3 is 1.96 bits per heavy atom. The fourth-order valence-electron chi connectivity index (χ4n) is 2.35. The third kappa shape index (κ3) is 4.34. The van der Waals surface area contributed by atoms with Gasteiger partial charge in [0.2, 0.25) is 5.83 Å². The third-order valence-electron chi connectivity index (χ3n) is 3.80. The molecule has 0 aliphatic carbocycles. The predicted octanol–water partition coefficient (Wildman–Crippen LogP) is 6.95. The molecular weight excluding hydrogens is 316 g/mol. The van der Waals surface area contributed by atoms with Crippen molar-refractivity contribution in [1.82, 2.24) is 0 Å². The highest BCUT2D eigenvalue weighted by Gasteiger charge is 2.37. The normalized spacial score (nSPS) is 13.7. The first kappa shape index (κ1) is 18.0. The van der Waals surface area contributed by atoms with Crippen LogP contribution in [0.2, 0.25) is 0 Å². The smallest absolute Gasteiger partial charge is 0.201 e. The molecule has 0 aromatic heterocycles. The molecule has 0 aliphatic heterocycles. The molecule has 2 rings (SSSR count). The Hall–Kier alpha value is -2.36. The van der Waals surface area contributed by atoms with Gasteiger partial charge in [-0.2, -0.15) is 13.2 Å². The van der Waals surface area contributed by atoms with E-state index < -0.39 is 12.0 Å². The van der Waals surface area contributed by atoms with Crippen LogP contribution in [0.5, 0.6) is 0 Å². The van der Waals surface area contributed by atoms with Gasteiger partial charge in [0, 0.05) is 5.57 Å². The van der Waals surface area contributed by atoms with Gasteiger partial charge in [-0.25, -0.2) is 4.39 Å². The first-order valence-corrected chi connectivity index (χ1v) is 7.56. The number of alkyl halides is 3. The second kappa shape index (κ2) is 7.47. The molecular formula is C20H18F4. The van der Waals surface area contributed by atoms with E-state index in [2.05, 4.69) is 0 Å². The first-order valence-electron chi connectivity index (χ1n) is 7.56. The van der Waals surface area contributed by atoms with E-state index in [0.29, 0.717) is 5.57 Å². The van der Waals surface area contributed by atoms with Crippen LogP contribution < -0.4 is 0 Å². The minimum Gasteiger partial charge on any atom is -0.201 e. The van der Waals surface area contributed by atoms with E-state index in [1.165, 1.54) is 12.1 Å². The summed E-state index contributed by atoms with van der Waals surface area (Å²) >= 11 is 0. The fraction of sp³-hybridized carbons (Fsp3) is 0.200. The molecule has 4 heteroatoms. The van der Waals surface area contributed by atoms with Crippen molar-refractivity contribution in [3.8, 4) is 11.1 Å². The molecule has 0 saturated carbocycles. The summed E-state index contributed by atoms with van der Waals surface area (Å²) in [6, 6.07) is 16.0. The summed E-state index contributed by atoms with van der Waals surface area (Å²) in [7, 11) is 0. The highest BCUT2D eigenvalue weighted by Crippen LogP contribution is 2.37. The van der Waals surface area contributed by atoms with Gasteiger partial charge in [-0.05, 0) is 37.0 Å². The van der Waals surface area contributed by atoms with Crippen molar-refractivity contribution in [3.63, 3.8) is 0 Å². The second-order valence-electron chi connectivity index (χ2n) is 5.55. The maximum Gasteiger partial charge on any atom is 0.443 e. The van der Waals surface area contributed by atoms with Crippen molar-refractivity contribution >= 4 is 5.57 Å². The molecule has 0 atom stereocenters. The SMILES string of the molecule is C/C=C(\C)C/C(=C(/F)C(F)(F)F)c1ccc(-c2ccccc2)cc1. The molecule has 0 radical (unpaired) electrons. The van der Waals surface area contributed by atoms with Crippen molar-refractivity contribution in [1.29, 1.82) is 0 Å². The summed E-state index contributed by atoms with van der Waals surface area (Å²) in [6.07, 6.45) is -3.38. The Morgan fingerprint density at radius 2 is 1.46 bits per heavy atom. The molecule has 0 fully saturated rings. The quantitative estimate of drug-likeness (QED) is 0.419. The number of hydrogen-bond donors (Lipinski definition) is 0. The molecule has 0 unspecified atom stereocenters. The fourth-order valence-corrected chi connectivity index (χ4v) is 2.35. The van der Waals surface area contributed by atoms with Crippen LogP contribution in [0.15, 0.2) is 72.1 Å². The highest BCUT2D eigenvalue weighted by atomic mass is 19.4.